The van der Waals surface area contributed by atoms with E-state index in [0.717, 1.165) is 6.42 Å². The monoisotopic (exact) mass is 191 g/mol. The lowest BCUT2D eigenvalue weighted by atomic mass is 9.78. The quantitative estimate of drug-likeness (QED) is 0.726. The Morgan fingerprint density at radius 2 is 2.29 bits per heavy atom. The van der Waals surface area contributed by atoms with Gasteiger partial charge in [-0.2, -0.15) is 0 Å². The summed E-state index contributed by atoms with van der Waals surface area (Å²) >= 11 is 0. The molecule has 1 aliphatic carbocycles. The van der Waals surface area contributed by atoms with Crippen LogP contribution in [0.3, 0.4) is 0 Å². The maximum absolute atomic E-state index is 11.2. The number of nitrogens with one attached hydrogen (secondary N) is 1. The zero-order valence-electron chi connectivity index (χ0n) is 8.84. The molecular weight excluding hydrogens is 174 g/mol. The zero-order valence-corrected chi connectivity index (χ0v) is 8.84. The summed E-state index contributed by atoms with van der Waals surface area (Å²) in [6.45, 7) is 4.51. The van der Waals surface area contributed by atoms with Crippen LogP contribution in [-0.2, 0) is 6.42 Å². The number of fused-ring (bicyclic) bond motifs is 1. The Labute approximate surface area is 84.4 Å². The van der Waals surface area contributed by atoms with Crippen molar-refractivity contribution < 1.29 is 0 Å². The molecule has 1 heterocycles. The van der Waals surface area contributed by atoms with Crippen molar-refractivity contribution in [2.75, 3.05) is 0 Å². The Balaban J connectivity index is 2.44. The van der Waals surface area contributed by atoms with Crippen LogP contribution in [0.2, 0.25) is 0 Å². The Morgan fingerprint density at radius 3 is 3.00 bits per heavy atom. The minimum Gasteiger partial charge on any atom is -0.329 e. The average molecular weight is 191 g/mol. The molecule has 1 aliphatic rings. The van der Waals surface area contributed by atoms with Crippen LogP contribution in [0.15, 0.2) is 17.1 Å². The number of aromatic amines is 1. The zero-order chi connectivity index (χ0) is 10.1. The van der Waals surface area contributed by atoms with Gasteiger partial charge in [-0.25, -0.2) is 0 Å². The lowest BCUT2D eigenvalue weighted by Gasteiger charge is -2.27. The first-order valence-electron chi connectivity index (χ1n) is 5.40. The molecule has 1 aromatic heterocycles. The van der Waals surface area contributed by atoms with E-state index >= 15 is 0 Å². The van der Waals surface area contributed by atoms with Gasteiger partial charge in [-0.3, -0.25) is 4.79 Å². The highest BCUT2D eigenvalue weighted by Crippen LogP contribution is 2.35. The fraction of sp³-hybridized carbons (Fsp3) is 0.583. The minimum atomic E-state index is 0.0353. The number of hydrogen-bond donors (Lipinski definition) is 1. The first-order valence-corrected chi connectivity index (χ1v) is 5.40. The van der Waals surface area contributed by atoms with Gasteiger partial charge >= 0.3 is 0 Å². The molecule has 2 rings (SSSR count). The van der Waals surface area contributed by atoms with Crippen LogP contribution in [0, 0.1) is 5.92 Å². The highest BCUT2D eigenvalue weighted by Gasteiger charge is 2.22. The fourth-order valence-corrected chi connectivity index (χ4v) is 2.45. The van der Waals surface area contributed by atoms with Crippen molar-refractivity contribution in [2.45, 2.75) is 39.0 Å². The van der Waals surface area contributed by atoms with Crippen molar-refractivity contribution in [1.29, 1.82) is 0 Å². The van der Waals surface area contributed by atoms with Gasteiger partial charge in [0, 0.05) is 12.3 Å². The molecule has 1 unspecified atom stereocenters. The molecule has 0 aromatic carbocycles. The van der Waals surface area contributed by atoms with E-state index < -0.39 is 0 Å². The molecule has 0 spiro atoms. The molecule has 0 saturated heterocycles. The van der Waals surface area contributed by atoms with Crippen LogP contribution in [0.4, 0.5) is 0 Å². The Morgan fingerprint density at radius 1 is 1.50 bits per heavy atom. The predicted molar refractivity (Wildman–Crippen MR) is 57.6 cm³/mol. The number of aromatic nitrogens is 1. The van der Waals surface area contributed by atoms with Crippen LogP contribution in [0.5, 0.6) is 0 Å². The van der Waals surface area contributed by atoms with Crippen LogP contribution in [0.25, 0.3) is 0 Å². The summed E-state index contributed by atoms with van der Waals surface area (Å²) in [4.78, 5) is 14.0. The molecule has 0 radical (unpaired) electrons. The molecule has 0 fully saturated rings. The molecule has 0 bridgehead atoms. The van der Waals surface area contributed by atoms with Crippen molar-refractivity contribution >= 4 is 0 Å². The van der Waals surface area contributed by atoms with Crippen LogP contribution in [-0.4, -0.2) is 4.98 Å². The van der Waals surface area contributed by atoms with Gasteiger partial charge < -0.3 is 4.98 Å². The van der Waals surface area contributed by atoms with E-state index in [1.807, 2.05) is 6.20 Å². The van der Waals surface area contributed by atoms with Crippen molar-refractivity contribution in [2.24, 2.45) is 5.92 Å². The molecule has 0 saturated carbocycles. The number of H-pyrrole nitrogens is 1. The van der Waals surface area contributed by atoms with E-state index in [1.165, 1.54) is 24.0 Å². The third-order valence-electron chi connectivity index (χ3n) is 3.21. The second-order valence-electron chi connectivity index (χ2n) is 4.52. The molecule has 1 atom stereocenters. The van der Waals surface area contributed by atoms with E-state index in [9.17, 15) is 4.79 Å². The Kier molecular flexibility index (Phi) is 2.44. The number of rotatable bonds is 1. The molecule has 2 nitrogen and oxygen atoms in total. The first kappa shape index (κ1) is 9.50. The summed E-state index contributed by atoms with van der Waals surface area (Å²) in [7, 11) is 0. The molecule has 76 valence electrons. The third-order valence-corrected chi connectivity index (χ3v) is 3.21. The van der Waals surface area contributed by atoms with Crippen molar-refractivity contribution in [3.05, 3.63) is 33.7 Å². The van der Waals surface area contributed by atoms with E-state index in [0.29, 0.717) is 11.8 Å². The van der Waals surface area contributed by atoms with Crippen LogP contribution >= 0.6 is 0 Å². The molecular formula is C12H17NO. The predicted octanol–water partition coefficient (Wildman–Crippen LogP) is 2.45. The van der Waals surface area contributed by atoms with Crippen molar-refractivity contribution in [3.63, 3.8) is 0 Å². The summed E-state index contributed by atoms with van der Waals surface area (Å²) in [5, 5.41) is 0. The molecule has 0 amide bonds. The van der Waals surface area contributed by atoms with Gasteiger partial charge in [0.25, 0.3) is 0 Å². The highest BCUT2D eigenvalue weighted by atomic mass is 16.1. The highest BCUT2D eigenvalue weighted by molar-refractivity contribution is 5.29. The lowest BCUT2D eigenvalue weighted by molar-refractivity contribution is 0.432. The van der Waals surface area contributed by atoms with Crippen molar-refractivity contribution in [3.8, 4) is 0 Å². The summed E-state index contributed by atoms with van der Waals surface area (Å²) in [6, 6.07) is 1.77. The molecule has 1 N–H and O–H groups in total. The van der Waals surface area contributed by atoms with E-state index in [2.05, 4.69) is 18.8 Å². The first-order chi connectivity index (χ1) is 6.68. The fourth-order valence-electron chi connectivity index (χ4n) is 2.45. The summed E-state index contributed by atoms with van der Waals surface area (Å²) in [5.41, 5.74) is 2.66. The summed E-state index contributed by atoms with van der Waals surface area (Å²) in [5.74, 6) is 1.30. The summed E-state index contributed by atoms with van der Waals surface area (Å²) in [6.07, 6.45) is 5.47. The maximum atomic E-state index is 11.2. The number of pyridine rings is 1. The van der Waals surface area contributed by atoms with Gasteiger partial charge in [0.2, 0.25) is 5.56 Å². The molecule has 2 heteroatoms. The number of aryl methyl sites for hydroxylation is 1. The van der Waals surface area contributed by atoms with Gasteiger partial charge in [0.05, 0.1) is 0 Å². The van der Waals surface area contributed by atoms with Gasteiger partial charge in [-0.1, -0.05) is 13.8 Å². The normalized spacial score (nSPS) is 20.9. The van der Waals surface area contributed by atoms with Gasteiger partial charge in [-0.15, -0.1) is 0 Å². The SMILES string of the molecule is CC(C)C1CCCc2cc(=O)[nH]cc21. The van der Waals surface area contributed by atoms with E-state index in [-0.39, 0.29) is 5.56 Å². The Hall–Kier alpha value is -1.05. The maximum Gasteiger partial charge on any atom is 0.248 e. The second kappa shape index (κ2) is 3.60. The topological polar surface area (TPSA) is 32.9 Å². The van der Waals surface area contributed by atoms with Gasteiger partial charge in [-0.05, 0) is 42.2 Å². The van der Waals surface area contributed by atoms with Crippen molar-refractivity contribution in [1.82, 2.24) is 4.98 Å². The van der Waals surface area contributed by atoms with Crippen LogP contribution in [0.1, 0.15) is 43.7 Å². The largest absolute Gasteiger partial charge is 0.329 e. The van der Waals surface area contributed by atoms with Crippen LogP contribution < -0.4 is 5.56 Å². The molecule has 14 heavy (non-hydrogen) atoms. The smallest absolute Gasteiger partial charge is 0.248 e. The number of hydrogen-bond acceptors (Lipinski definition) is 1. The van der Waals surface area contributed by atoms with E-state index in [4.69, 9.17) is 0 Å². The lowest BCUT2D eigenvalue weighted by Crippen LogP contribution is -2.18. The van der Waals surface area contributed by atoms with E-state index in [1.54, 1.807) is 6.07 Å². The van der Waals surface area contributed by atoms with Gasteiger partial charge in [0.1, 0.15) is 0 Å². The van der Waals surface area contributed by atoms with Gasteiger partial charge in [0.15, 0.2) is 0 Å². The molecule has 1 aromatic rings. The Bertz CT molecular complexity index is 378. The standard InChI is InChI=1S/C12H17NO/c1-8(2)10-5-3-4-9-6-12(14)13-7-11(9)10/h6-8,10H,3-5H2,1-2H3,(H,13,14). The molecule has 0 aliphatic heterocycles. The second-order valence-corrected chi connectivity index (χ2v) is 4.52. The average Bonchev–Trinajstić information content (AvgIpc) is 2.16. The summed E-state index contributed by atoms with van der Waals surface area (Å²) < 4.78 is 0. The third kappa shape index (κ3) is 1.61. The minimum absolute atomic E-state index is 0.0353.